The van der Waals surface area contributed by atoms with Gasteiger partial charge in [-0.25, -0.2) is 4.79 Å². The molecule has 3 amide bonds. The number of aromatic nitrogens is 3. The van der Waals surface area contributed by atoms with Crippen LogP contribution in [0.25, 0.3) is 0 Å². The summed E-state index contributed by atoms with van der Waals surface area (Å²) in [5.74, 6) is 1.40. The molecule has 0 radical (unpaired) electrons. The molecule has 1 saturated heterocycles. The van der Waals surface area contributed by atoms with Gasteiger partial charge in [0, 0.05) is 25.7 Å². The van der Waals surface area contributed by atoms with Crippen molar-refractivity contribution in [2.75, 3.05) is 26.0 Å². The van der Waals surface area contributed by atoms with Crippen LogP contribution < -0.4 is 5.32 Å². The smallest absolute Gasteiger partial charge is 0.322 e. The SMILES string of the molecule is Cc1cc(C)c(NC(=O)N2CCC[C@@H]2c2nnc(C)n2Cc2ccc(Cl)cc2)c(C(=O)N(C)C)c1. The number of hydrogen-bond donors (Lipinski definition) is 1. The first kappa shape index (κ1) is 24.7. The highest BCUT2D eigenvalue weighted by Crippen LogP contribution is 2.33. The van der Waals surface area contributed by atoms with Crippen LogP contribution in [0.3, 0.4) is 0 Å². The summed E-state index contributed by atoms with van der Waals surface area (Å²) in [6, 6.07) is 11.0. The number of nitrogens with one attached hydrogen (secondary N) is 1. The molecule has 1 aromatic heterocycles. The maximum absolute atomic E-state index is 13.5. The van der Waals surface area contributed by atoms with E-state index in [1.807, 2.05) is 57.2 Å². The van der Waals surface area contributed by atoms with E-state index in [4.69, 9.17) is 11.6 Å². The second-order valence-electron chi connectivity index (χ2n) is 9.30. The van der Waals surface area contributed by atoms with E-state index in [-0.39, 0.29) is 18.0 Å². The minimum atomic E-state index is -0.244. The molecule has 9 heteroatoms. The van der Waals surface area contributed by atoms with Crippen molar-refractivity contribution in [2.24, 2.45) is 0 Å². The van der Waals surface area contributed by atoms with Crippen molar-refractivity contribution in [3.05, 3.63) is 75.3 Å². The van der Waals surface area contributed by atoms with Gasteiger partial charge in [0.1, 0.15) is 5.82 Å². The fourth-order valence-electron chi connectivity index (χ4n) is 4.61. The first-order chi connectivity index (χ1) is 16.7. The van der Waals surface area contributed by atoms with Crippen LogP contribution in [-0.4, -0.2) is 57.1 Å². The molecule has 4 rings (SSSR count). The molecule has 3 aromatic rings. The molecule has 1 fully saturated rings. The number of nitrogens with zero attached hydrogens (tertiary/aromatic N) is 5. The number of anilines is 1. The van der Waals surface area contributed by atoms with Gasteiger partial charge in [0.15, 0.2) is 5.82 Å². The number of likely N-dealkylation sites (tertiary alicyclic amines) is 1. The van der Waals surface area contributed by atoms with E-state index in [0.29, 0.717) is 29.4 Å². The molecule has 2 aromatic carbocycles. The second kappa shape index (κ2) is 10.1. The first-order valence-electron chi connectivity index (χ1n) is 11.7. The molecule has 0 bridgehead atoms. The Bertz CT molecular complexity index is 1250. The first-order valence-corrected chi connectivity index (χ1v) is 12.1. The lowest BCUT2D eigenvalue weighted by atomic mass is 10.0. The Labute approximate surface area is 210 Å². The Hall–Kier alpha value is -3.39. The Morgan fingerprint density at radius 1 is 1.11 bits per heavy atom. The minimum Gasteiger partial charge on any atom is -0.345 e. The highest BCUT2D eigenvalue weighted by Gasteiger charge is 2.34. The number of carbonyl (C=O) groups excluding carboxylic acids is 2. The van der Waals surface area contributed by atoms with Crippen LogP contribution in [0.15, 0.2) is 36.4 Å². The van der Waals surface area contributed by atoms with Gasteiger partial charge in [0.2, 0.25) is 0 Å². The van der Waals surface area contributed by atoms with Gasteiger partial charge < -0.3 is 19.7 Å². The molecule has 0 unspecified atom stereocenters. The molecule has 1 atom stereocenters. The largest absolute Gasteiger partial charge is 0.345 e. The lowest BCUT2D eigenvalue weighted by Gasteiger charge is -2.26. The van der Waals surface area contributed by atoms with Crippen molar-refractivity contribution >= 4 is 29.2 Å². The molecule has 1 N–H and O–H groups in total. The maximum atomic E-state index is 13.5. The third kappa shape index (κ3) is 5.17. The predicted octanol–water partition coefficient (Wildman–Crippen LogP) is 4.98. The number of carbonyl (C=O) groups is 2. The van der Waals surface area contributed by atoms with Gasteiger partial charge in [0.25, 0.3) is 5.91 Å². The minimum absolute atomic E-state index is 0.150. The van der Waals surface area contributed by atoms with Crippen LogP contribution in [-0.2, 0) is 6.54 Å². The van der Waals surface area contributed by atoms with Crippen molar-refractivity contribution in [1.29, 1.82) is 0 Å². The molecule has 8 nitrogen and oxygen atoms in total. The van der Waals surface area contributed by atoms with Crippen LogP contribution >= 0.6 is 11.6 Å². The van der Waals surface area contributed by atoms with Gasteiger partial charge in [-0.3, -0.25) is 4.79 Å². The topological polar surface area (TPSA) is 83.4 Å². The highest BCUT2D eigenvalue weighted by atomic mass is 35.5. The molecular weight excluding hydrogens is 464 g/mol. The van der Waals surface area contributed by atoms with Gasteiger partial charge >= 0.3 is 6.03 Å². The summed E-state index contributed by atoms with van der Waals surface area (Å²) in [7, 11) is 3.41. The third-order valence-corrected chi connectivity index (χ3v) is 6.63. The van der Waals surface area contributed by atoms with E-state index >= 15 is 0 Å². The molecule has 0 spiro atoms. The zero-order chi connectivity index (χ0) is 25.3. The summed E-state index contributed by atoms with van der Waals surface area (Å²) in [4.78, 5) is 29.7. The van der Waals surface area contributed by atoms with E-state index in [9.17, 15) is 9.59 Å². The number of rotatable bonds is 5. The van der Waals surface area contributed by atoms with Gasteiger partial charge in [-0.2, -0.15) is 0 Å². The van der Waals surface area contributed by atoms with Crippen molar-refractivity contribution in [3.63, 3.8) is 0 Å². The number of benzene rings is 2. The van der Waals surface area contributed by atoms with Crippen LogP contribution in [0.1, 0.15) is 57.6 Å². The van der Waals surface area contributed by atoms with Crippen molar-refractivity contribution in [1.82, 2.24) is 24.6 Å². The fourth-order valence-corrected chi connectivity index (χ4v) is 4.74. The third-order valence-electron chi connectivity index (χ3n) is 6.38. The Morgan fingerprint density at radius 2 is 1.83 bits per heavy atom. The van der Waals surface area contributed by atoms with E-state index in [1.165, 1.54) is 4.90 Å². The molecular formula is C26H31ClN6O2. The van der Waals surface area contributed by atoms with Crippen LogP contribution in [0, 0.1) is 20.8 Å². The zero-order valence-electron chi connectivity index (χ0n) is 20.8. The van der Waals surface area contributed by atoms with Gasteiger partial charge in [0.05, 0.1) is 23.8 Å². The Kier molecular flexibility index (Phi) is 7.12. The van der Waals surface area contributed by atoms with Crippen molar-refractivity contribution in [3.8, 4) is 0 Å². The lowest BCUT2D eigenvalue weighted by Crippen LogP contribution is -2.36. The lowest BCUT2D eigenvalue weighted by molar-refractivity contribution is 0.0828. The van der Waals surface area contributed by atoms with E-state index in [0.717, 1.165) is 41.2 Å². The number of amides is 3. The number of halogens is 1. The highest BCUT2D eigenvalue weighted by molar-refractivity contribution is 6.30. The van der Waals surface area contributed by atoms with E-state index in [2.05, 4.69) is 20.1 Å². The van der Waals surface area contributed by atoms with Crippen molar-refractivity contribution in [2.45, 2.75) is 46.2 Å². The molecule has 1 aliphatic rings. The number of aryl methyl sites for hydroxylation is 3. The molecule has 184 valence electrons. The monoisotopic (exact) mass is 494 g/mol. The molecule has 0 aliphatic carbocycles. The summed E-state index contributed by atoms with van der Waals surface area (Å²) in [6.45, 7) is 6.96. The summed E-state index contributed by atoms with van der Waals surface area (Å²) in [5, 5.41) is 12.5. The van der Waals surface area contributed by atoms with E-state index in [1.54, 1.807) is 19.0 Å². The fraction of sp³-hybridized carbons (Fsp3) is 0.385. The van der Waals surface area contributed by atoms with Crippen molar-refractivity contribution < 1.29 is 9.59 Å². The number of urea groups is 1. The summed E-state index contributed by atoms with van der Waals surface area (Å²) in [5.41, 5.74) is 3.92. The molecule has 1 aliphatic heterocycles. The second-order valence-corrected chi connectivity index (χ2v) is 9.74. The standard InChI is InChI=1S/C26H31ClN6O2/c1-16-13-17(2)23(21(14-16)25(34)31(4)5)28-26(35)32-12-6-7-22(32)24-30-29-18(3)33(24)15-19-8-10-20(27)11-9-19/h8-11,13-14,22H,6-7,12,15H2,1-5H3,(H,28,35)/t22-/m1/s1. The summed E-state index contributed by atoms with van der Waals surface area (Å²) < 4.78 is 2.05. The molecule has 35 heavy (non-hydrogen) atoms. The summed E-state index contributed by atoms with van der Waals surface area (Å²) in [6.07, 6.45) is 1.66. The van der Waals surface area contributed by atoms with Crippen LogP contribution in [0.4, 0.5) is 10.5 Å². The zero-order valence-corrected chi connectivity index (χ0v) is 21.6. The predicted molar refractivity (Wildman–Crippen MR) is 137 cm³/mol. The quantitative estimate of drug-likeness (QED) is 0.542. The van der Waals surface area contributed by atoms with E-state index < -0.39 is 0 Å². The van der Waals surface area contributed by atoms with Gasteiger partial charge in [-0.05, 0) is 68.5 Å². The average Bonchev–Trinajstić information content (AvgIpc) is 3.43. The van der Waals surface area contributed by atoms with Gasteiger partial charge in [-0.15, -0.1) is 10.2 Å². The average molecular weight is 495 g/mol. The Morgan fingerprint density at radius 3 is 2.51 bits per heavy atom. The van der Waals surface area contributed by atoms with Gasteiger partial charge in [-0.1, -0.05) is 29.8 Å². The van der Waals surface area contributed by atoms with Crippen LogP contribution in [0.5, 0.6) is 0 Å². The molecule has 0 saturated carbocycles. The molecule has 2 heterocycles. The summed E-state index contributed by atoms with van der Waals surface area (Å²) >= 11 is 6.04. The number of hydrogen-bond acceptors (Lipinski definition) is 4. The van der Waals surface area contributed by atoms with Crippen LogP contribution in [0.2, 0.25) is 5.02 Å². The maximum Gasteiger partial charge on any atom is 0.322 e. The Balaban J connectivity index is 1.61. The normalized spacial score (nSPS) is 15.4.